The maximum Gasteiger partial charge on any atom is 0.311 e. The summed E-state index contributed by atoms with van der Waals surface area (Å²) in [6.45, 7) is 18.2. The fourth-order valence-corrected chi connectivity index (χ4v) is 4.95. The number of aliphatic hydroxyl groups excluding tert-OH is 1. The van der Waals surface area contributed by atoms with Gasteiger partial charge in [-0.25, -0.2) is 0 Å². The Kier molecular flexibility index (Phi) is 9.99. The fraction of sp³-hybridized carbons (Fsp3) is 0.909. The Bertz CT molecular complexity index is 572. The molecule has 0 radical (unpaired) electrons. The van der Waals surface area contributed by atoms with E-state index in [2.05, 4.69) is 39.2 Å². The number of esters is 1. The highest BCUT2D eigenvalue weighted by molar-refractivity contribution is 6.74. The zero-order chi connectivity index (χ0) is 23.3. The summed E-state index contributed by atoms with van der Waals surface area (Å²) in [7, 11) is -2.29. The molecule has 1 aliphatic carbocycles. The first-order chi connectivity index (χ1) is 13.8. The van der Waals surface area contributed by atoms with E-state index < -0.39 is 38.6 Å². The number of hydrogen-bond donors (Lipinski definition) is 2. The molecule has 2 N–H and O–H groups in total. The second-order valence-corrected chi connectivity index (χ2v) is 14.5. The third kappa shape index (κ3) is 6.77. The van der Waals surface area contributed by atoms with Gasteiger partial charge in [-0.3, -0.25) is 9.59 Å². The maximum absolute atomic E-state index is 12.8. The van der Waals surface area contributed by atoms with Crippen molar-refractivity contribution < 1.29 is 28.6 Å². The first-order valence-corrected chi connectivity index (χ1v) is 14.1. The molecule has 30 heavy (non-hydrogen) atoms. The van der Waals surface area contributed by atoms with Crippen LogP contribution in [-0.4, -0.2) is 62.4 Å². The first-order valence-electron chi connectivity index (χ1n) is 11.2. The van der Waals surface area contributed by atoms with Gasteiger partial charge in [-0.2, -0.15) is 0 Å². The molecule has 0 bridgehead atoms. The van der Waals surface area contributed by atoms with Gasteiger partial charge in [0.2, 0.25) is 5.91 Å². The van der Waals surface area contributed by atoms with Gasteiger partial charge in [0.15, 0.2) is 8.32 Å². The van der Waals surface area contributed by atoms with Crippen molar-refractivity contribution in [2.24, 2.45) is 5.92 Å². The highest BCUT2D eigenvalue weighted by Crippen LogP contribution is 2.41. The Labute approximate surface area is 183 Å². The second kappa shape index (κ2) is 11.1. The van der Waals surface area contributed by atoms with E-state index in [1.807, 2.05) is 13.8 Å². The Hall–Kier alpha value is -0.963. The lowest BCUT2D eigenvalue weighted by molar-refractivity contribution is -0.178. The Morgan fingerprint density at radius 3 is 2.13 bits per heavy atom. The summed E-state index contributed by atoms with van der Waals surface area (Å²) in [4.78, 5) is 24.7. The van der Waals surface area contributed by atoms with E-state index in [9.17, 15) is 14.7 Å². The van der Waals surface area contributed by atoms with Crippen molar-refractivity contribution in [3.63, 3.8) is 0 Å². The quantitative estimate of drug-likeness (QED) is 0.417. The summed E-state index contributed by atoms with van der Waals surface area (Å²) in [5, 5.41) is 13.6. The van der Waals surface area contributed by atoms with Crippen molar-refractivity contribution in [2.75, 3.05) is 6.61 Å². The molecule has 1 amide bonds. The van der Waals surface area contributed by atoms with E-state index in [1.54, 1.807) is 6.92 Å². The summed E-state index contributed by atoms with van der Waals surface area (Å²) < 4.78 is 18.5. The van der Waals surface area contributed by atoms with Crippen molar-refractivity contribution in [2.45, 2.75) is 116 Å². The molecule has 0 spiro atoms. The Morgan fingerprint density at radius 2 is 1.70 bits per heavy atom. The van der Waals surface area contributed by atoms with Crippen LogP contribution in [0.5, 0.6) is 0 Å². The van der Waals surface area contributed by atoms with Crippen LogP contribution in [0.2, 0.25) is 18.1 Å². The minimum atomic E-state index is -2.29. The van der Waals surface area contributed by atoms with Crippen LogP contribution in [-0.2, 0) is 23.5 Å². The molecule has 0 aromatic rings. The smallest absolute Gasteiger partial charge is 0.311 e. The van der Waals surface area contributed by atoms with Gasteiger partial charge in [-0.05, 0) is 44.3 Å². The molecule has 1 rings (SSSR count). The van der Waals surface area contributed by atoms with E-state index >= 15 is 0 Å². The summed E-state index contributed by atoms with van der Waals surface area (Å²) in [5.74, 6) is -1.30. The van der Waals surface area contributed by atoms with E-state index in [0.717, 1.165) is 12.8 Å². The lowest BCUT2D eigenvalue weighted by atomic mass is 9.79. The largest absolute Gasteiger partial charge is 0.466 e. The van der Waals surface area contributed by atoms with Gasteiger partial charge in [-0.15, -0.1) is 0 Å². The zero-order valence-electron chi connectivity index (χ0n) is 20.3. The van der Waals surface area contributed by atoms with Crippen LogP contribution in [0.15, 0.2) is 0 Å². The van der Waals surface area contributed by atoms with Gasteiger partial charge >= 0.3 is 5.97 Å². The molecule has 0 aromatic heterocycles. The molecule has 7 nitrogen and oxygen atoms in total. The van der Waals surface area contributed by atoms with E-state index in [1.165, 1.54) is 6.92 Å². The van der Waals surface area contributed by atoms with E-state index in [4.69, 9.17) is 13.9 Å². The molecule has 8 heteroatoms. The number of nitrogens with one attached hydrogen (secondary N) is 1. The topological polar surface area (TPSA) is 94.1 Å². The van der Waals surface area contributed by atoms with Crippen LogP contribution in [0.3, 0.4) is 0 Å². The average molecular weight is 446 g/mol. The third-order valence-corrected chi connectivity index (χ3v) is 10.9. The lowest BCUT2D eigenvalue weighted by Gasteiger charge is -2.49. The van der Waals surface area contributed by atoms with E-state index in [-0.39, 0.29) is 36.0 Å². The number of ether oxygens (including phenoxy) is 2. The molecular formula is C22H43NO6Si. The number of rotatable bonds is 9. The molecule has 0 heterocycles. The summed E-state index contributed by atoms with van der Waals surface area (Å²) >= 11 is 0. The molecule has 1 aliphatic rings. The highest BCUT2D eigenvalue weighted by atomic mass is 28.4. The fourth-order valence-electron chi connectivity index (χ4n) is 3.62. The van der Waals surface area contributed by atoms with Gasteiger partial charge in [-0.1, -0.05) is 34.6 Å². The van der Waals surface area contributed by atoms with Crippen LogP contribution in [0.25, 0.3) is 0 Å². The highest BCUT2D eigenvalue weighted by Gasteiger charge is 2.53. The van der Waals surface area contributed by atoms with Gasteiger partial charge in [0.25, 0.3) is 0 Å². The SMILES string of the molecule is CCOC(=O)[C@H]1C[C@@H](O)[C@@H](NC(C)=O)[C@H](OC(CC)CC)[C@H]1O[Si](C)(C)C(C)(C)C. The molecule has 0 aliphatic heterocycles. The summed E-state index contributed by atoms with van der Waals surface area (Å²) in [5.41, 5.74) is 0. The van der Waals surface area contributed by atoms with Gasteiger partial charge in [0.05, 0.1) is 36.9 Å². The van der Waals surface area contributed by atoms with Crippen LogP contribution in [0, 0.1) is 5.92 Å². The molecule has 176 valence electrons. The minimum absolute atomic E-state index is 0.0649. The van der Waals surface area contributed by atoms with Crippen LogP contribution >= 0.6 is 0 Å². The van der Waals surface area contributed by atoms with Gasteiger partial charge < -0.3 is 24.3 Å². The molecule has 1 fully saturated rings. The van der Waals surface area contributed by atoms with Crippen molar-refractivity contribution in [1.82, 2.24) is 5.32 Å². The molecule has 1 saturated carbocycles. The number of amides is 1. The monoisotopic (exact) mass is 445 g/mol. The van der Waals surface area contributed by atoms with Gasteiger partial charge in [0.1, 0.15) is 6.10 Å². The summed E-state index contributed by atoms with van der Waals surface area (Å²) in [6.07, 6.45) is -0.519. The lowest BCUT2D eigenvalue weighted by Crippen LogP contribution is -2.65. The number of aliphatic hydroxyl groups is 1. The normalized spacial score (nSPS) is 27.8. The molecular weight excluding hydrogens is 402 g/mol. The predicted octanol–water partition coefficient (Wildman–Crippen LogP) is 3.40. The minimum Gasteiger partial charge on any atom is -0.466 e. The Balaban J connectivity index is 3.45. The first kappa shape index (κ1) is 27.1. The number of hydrogen-bond acceptors (Lipinski definition) is 6. The van der Waals surface area contributed by atoms with Crippen molar-refractivity contribution in [1.29, 1.82) is 0 Å². The van der Waals surface area contributed by atoms with Crippen LogP contribution in [0.4, 0.5) is 0 Å². The zero-order valence-corrected chi connectivity index (χ0v) is 21.3. The third-order valence-electron chi connectivity index (χ3n) is 6.44. The number of carbonyl (C=O) groups excluding carboxylic acids is 2. The second-order valence-electron chi connectivity index (χ2n) is 9.77. The molecule has 0 unspecified atom stereocenters. The van der Waals surface area contributed by atoms with Gasteiger partial charge in [0, 0.05) is 6.92 Å². The maximum atomic E-state index is 12.8. The Morgan fingerprint density at radius 1 is 1.13 bits per heavy atom. The van der Waals surface area contributed by atoms with Crippen LogP contribution < -0.4 is 5.32 Å². The van der Waals surface area contributed by atoms with E-state index in [0.29, 0.717) is 0 Å². The van der Waals surface area contributed by atoms with Crippen molar-refractivity contribution in [3.05, 3.63) is 0 Å². The molecule has 5 atom stereocenters. The standard InChI is InChI=1S/C22H43NO6Si/c1-10-15(11-2)28-20-18(23-14(4)24)17(25)13-16(21(26)27-12-3)19(20)29-30(8,9)22(5,6)7/h15-20,25H,10-13H2,1-9H3,(H,23,24)/t16-,17+,18+,19-,20-/m0/s1. The summed E-state index contributed by atoms with van der Waals surface area (Å²) in [6, 6.07) is -0.649. The predicted molar refractivity (Wildman–Crippen MR) is 120 cm³/mol. The van der Waals surface area contributed by atoms with Crippen molar-refractivity contribution in [3.8, 4) is 0 Å². The molecule has 0 saturated heterocycles. The van der Waals surface area contributed by atoms with Crippen LogP contribution in [0.1, 0.15) is 67.7 Å². The average Bonchev–Trinajstić information content (AvgIpc) is 2.62. The number of carbonyl (C=O) groups is 2. The van der Waals surface area contributed by atoms with Crippen molar-refractivity contribution >= 4 is 20.2 Å². The molecule has 0 aromatic carbocycles.